The highest BCUT2D eigenvalue weighted by Crippen LogP contribution is 2.29. The number of benzene rings is 1. The van der Waals surface area contributed by atoms with Crippen LogP contribution in [0.3, 0.4) is 0 Å². The van der Waals surface area contributed by atoms with E-state index in [-0.39, 0.29) is 34.9 Å². The van der Waals surface area contributed by atoms with Crippen molar-refractivity contribution < 1.29 is 18.8 Å². The second-order valence-corrected chi connectivity index (χ2v) is 13.2. The van der Waals surface area contributed by atoms with E-state index in [0.29, 0.717) is 30.0 Å². The standard InChI is InChI=1S/C30H43N5O4S/c1-19(2)17-24(29-33-34-30(39-29)40-20(3)4)28(38)32-27(37)23-13-7-8-14-25(23)31-26(36)22-12-6-5-11-21(22)18-35-15-9-10-16-35/h5-6,11-12,19-20,23-25H,7-10,13-18H2,1-4H3,(H,31,36)(H,32,37,38)/t23-,24?,25+/m1/s1. The van der Waals surface area contributed by atoms with Crippen molar-refractivity contribution in [2.24, 2.45) is 11.8 Å². The van der Waals surface area contributed by atoms with E-state index in [1.807, 2.05) is 52.0 Å². The summed E-state index contributed by atoms with van der Waals surface area (Å²) in [5, 5.41) is 14.7. The third-order valence-electron chi connectivity index (χ3n) is 7.60. The fourth-order valence-electron chi connectivity index (χ4n) is 5.63. The summed E-state index contributed by atoms with van der Waals surface area (Å²) in [7, 11) is 0. The molecule has 1 saturated heterocycles. The van der Waals surface area contributed by atoms with Crippen LogP contribution in [0.15, 0.2) is 33.9 Å². The quantitative estimate of drug-likeness (QED) is 0.366. The SMILES string of the molecule is CC(C)CC(C(=O)NC(=O)[C@@H]1CCCC[C@@H]1NC(=O)c1ccccc1CN1CCCC1)c1nnc(SC(C)C)o1. The minimum absolute atomic E-state index is 0.162. The summed E-state index contributed by atoms with van der Waals surface area (Å²) >= 11 is 1.44. The lowest BCUT2D eigenvalue weighted by atomic mass is 9.83. The van der Waals surface area contributed by atoms with Gasteiger partial charge < -0.3 is 9.73 Å². The Morgan fingerprint density at radius 3 is 2.48 bits per heavy atom. The topological polar surface area (TPSA) is 117 Å². The Morgan fingerprint density at radius 2 is 1.75 bits per heavy atom. The molecule has 0 spiro atoms. The number of imide groups is 1. The summed E-state index contributed by atoms with van der Waals surface area (Å²) in [6, 6.07) is 7.37. The number of nitrogens with one attached hydrogen (secondary N) is 2. The van der Waals surface area contributed by atoms with Crippen molar-refractivity contribution in [1.82, 2.24) is 25.7 Å². The van der Waals surface area contributed by atoms with Gasteiger partial charge in [0.25, 0.3) is 11.1 Å². The van der Waals surface area contributed by atoms with Crippen molar-refractivity contribution in [3.8, 4) is 0 Å². The Bertz CT molecular complexity index is 1160. The molecular weight excluding hydrogens is 526 g/mol. The second-order valence-electron chi connectivity index (χ2n) is 11.7. The highest BCUT2D eigenvalue weighted by Gasteiger charge is 2.36. The van der Waals surface area contributed by atoms with Gasteiger partial charge in [0.2, 0.25) is 17.7 Å². The summed E-state index contributed by atoms with van der Waals surface area (Å²) < 4.78 is 5.80. The van der Waals surface area contributed by atoms with Crippen molar-refractivity contribution in [3.63, 3.8) is 0 Å². The molecule has 218 valence electrons. The van der Waals surface area contributed by atoms with E-state index in [2.05, 4.69) is 25.7 Å². The van der Waals surface area contributed by atoms with E-state index < -0.39 is 17.7 Å². The largest absolute Gasteiger partial charge is 0.415 e. The van der Waals surface area contributed by atoms with Gasteiger partial charge in [0.05, 0.1) is 5.92 Å². The van der Waals surface area contributed by atoms with Gasteiger partial charge in [-0.3, -0.25) is 24.6 Å². The molecule has 40 heavy (non-hydrogen) atoms. The molecule has 1 unspecified atom stereocenters. The molecule has 2 fully saturated rings. The van der Waals surface area contributed by atoms with Gasteiger partial charge in [-0.25, -0.2) is 0 Å². The van der Waals surface area contributed by atoms with Crippen LogP contribution in [0.2, 0.25) is 0 Å². The van der Waals surface area contributed by atoms with E-state index in [9.17, 15) is 14.4 Å². The smallest absolute Gasteiger partial charge is 0.276 e. The highest BCUT2D eigenvalue weighted by molar-refractivity contribution is 7.99. The highest BCUT2D eigenvalue weighted by atomic mass is 32.2. The maximum Gasteiger partial charge on any atom is 0.276 e. The Labute approximate surface area is 241 Å². The maximum atomic E-state index is 13.4. The predicted molar refractivity (Wildman–Crippen MR) is 155 cm³/mol. The Hall–Kier alpha value is -2.72. The zero-order valence-electron chi connectivity index (χ0n) is 24.2. The molecule has 10 heteroatoms. The number of likely N-dealkylation sites (tertiary alicyclic amines) is 1. The van der Waals surface area contributed by atoms with E-state index in [1.54, 1.807) is 0 Å². The number of thioether (sulfide) groups is 1. The van der Waals surface area contributed by atoms with Crippen molar-refractivity contribution in [2.45, 2.75) is 102 Å². The van der Waals surface area contributed by atoms with Crippen LogP contribution in [-0.2, 0) is 16.1 Å². The van der Waals surface area contributed by atoms with Crippen LogP contribution in [0, 0.1) is 11.8 Å². The molecule has 3 amide bonds. The van der Waals surface area contributed by atoms with Gasteiger partial charge in [0.1, 0.15) is 5.92 Å². The van der Waals surface area contributed by atoms with Crippen LogP contribution in [0.1, 0.15) is 100 Å². The predicted octanol–water partition coefficient (Wildman–Crippen LogP) is 4.93. The number of hydrogen-bond acceptors (Lipinski definition) is 8. The average molecular weight is 570 g/mol. The molecule has 1 aliphatic carbocycles. The summed E-state index contributed by atoms with van der Waals surface area (Å²) in [6.45, 7) is 10.9. The normalized spacial score (nSPS) is 20.6. The number of amides is 3. The van der Waals surface area contributed by atoms with Crippen molar-refractivity contribution >= 4 is 29.5 Å². The van der Waals surface area contributed by atoms with Crippen LogP contribution in [0.5, 0.6) is 0 Å². The van der Waals surface area contributed by atoms with Gasteiger partial charge in [-0.05, 0) is 62.7 Å². The third-order valence-corrected chi connectivity index (χ3v) is 8.44. The molecule has 2 heterocycles. The van der Waals surface area contributed by atoms with Gasteiger partial charge in [-0.2, -0.15) is 0 Å². The molecule has 4 rings (SSSR count). The third kappa shape index (κ3) is 8.16. The van der Waals surface area contributed by atoms with Crippen LogP contribution in [0.25, 0.3) is 0 Å². The van der Waals surface area contributed by atoms with Crippen LogP contribution < -0.4 is 10.6 Å². The lowest BCUT2D eigenvalue weighted by Gasteiger charge is -2.31. The van der Waals surface area contributed by atoms with Gasteiger partial charge in [-0.15, -0.1) is 10.2 Å². The van der Waals surface area contributed by atoms with Gasteiger partial charge in [0, 0.05) is 23.4 Å². The van der Waals surface area contributed by atoms with Gasteiger partial charge in [0.15, 0.2) is 0 Å². The van der Waals surface area contributed by atoms with Gasteiger partial charge >= 0.3 is 0 Å². The second kappa shape index (κ2) is 14.3. The van der Waals surface area contributed by atoms with Crippen molar-refractivity contribution in [2.75, 3.05) is 13.1 Å². The fraction of sp³-hybridized carbons (Fsp3) is 0.633. The summed E-state index contributed by atoms with van der Waals surface area (Å²) in [5.74, 6) is -1.74. The lowest BCUT2D eigenvalue weighted by molar-refractivity contribution is -0.135. The monoisotopic (exact) mass is 569 g/mol. The molecule has 0 bridgehead atoms. The van der Waals surface area contributed by atoms with E-state index >= 15 is 0 Å². The minimum Gasteiger partial charge on any atom is -0.415 e. The first-order valence-corrected chi connectivity index (χ1v) is 15.5. The number of rotatable bonds is 11. The molecule has 0 radical (unpaired) electrons. The number of carbonyl (C=O) groups is 3. The number of nitrogens with zero attached hydrogens (tertiary/aromatic N) is 3. The Balaban J connectivity index is 1.43. The lowest BCUT2D eigenvalue weighted by Crippen LogP contribution is -2.50. The first kappa shape index (κ1) is 30.2. The molecule has 3 atom stereocenters. The fourth-order valence-corrected chi connectivity index (χ4v) is 6.25. The Kier molecular flexibility index (Phi) is 10.8. The molecule has 2 aliphatic rings. The number of aromatic nitrogens is 2. The summed E-state index contributed by atoms with van der Waals surface area (Å²) in [4.78, 5) is 42.6. The molecule has 2 N–H and O–H groups in total. The number of hydrogen-bond donors (Lipinski definition) is 2. The van der Waals surface area contributed by atoms with Crippen molar-refractivity contribution in [3.05, 3.63) is 41.3 Å². The minimum atomic E-state index is -0.716. The maximum absolute atomic E-state index is 13.4. The first-order valence-electron chi connectivity index (χ1n) is 14.7. The van der Waals surface area contributed by atoms with E-state index in [0.717, 1.165) is 38.0 Å². The van der Waals surface area contributed by atoms with Gasteiger partial charge in [-0.1, -0.05) is 70.5 Å². The molecule has 2 aromatic rings. The van der Waals surface area contributed by atoms with Crippen LogP contribution in [-0.4, -0.2) is 57.2 Å². The molecule has 1 aromatic carbocycles. The van der Waals surface area contributed by atoms with E-state index in [4.69, 9.17) is 4.42 Å². The summed E-state index contributed by atoms with van der Waals surface area (Å²) in [5.41, 5.74) is 1.65. The Morgan fingerprint density at radius 1 is 1.02 bits per heavy atom. The first-order chi connectivity index (χ1) is 19.2. The molecule has 1 aromatic heterocycles. The average Bonchev–Trinajstić information content (AvgIpc) is 3.59. The van der Waals surface area contributed by atoms with E-state index in [1.165, 1.54) is 24.6 Å². The molecule has 1 saturated carbocycles. The zero-order chi connectivity index (χ0) is 28.6. The molecule has 1 aliphatic heterocycles. The van der Waals surface area contributed by atoms with Crippen molar-refractivity contribution in [1.29, 1.82) is 0 Å². The number of carbonyl (C=O) groups excluding carboxylic acids is 3. The zero-order valence-corrected chi connectivity index (χ0v) is 25.0. The molecular formula is C30H43N5O4S. The summed E-state index contributed by atoms with van der Waals surface area (Å²) in [6.07, 6.45) is 5.96. The van der Waals surface area contributed by atoms with Crippen LogP contribution in [0.4, 0.5) is 0 Å². The van der Waals surface area contributed by atoms with Crippen LogP contribution >= 0.6 is 11.8 Å². The molecule has 9 nitrogen and oxygen atoms in total.